The average molecular weight is 243 g/mol. The van der Waals surface area contributed by atoms with Crippen LogP contribution in [-0.2, 0) is 0 Å². The van der Waals surface area contributed by atoms with Crippen molar-refractivity contribution in [3.8, 4) is 5.75 Å². The van der Waals surface area contributed by atoms with Crippen molar-refractivity contribution in [2.75, 3.05) is 20.1 Å². The van der Waals surface area contributed by atoms with E-state index in [-0.39, 0.29) is 0 Å². The normalized spacial score (nSPS) is 10.0. The summed E-state index contributed by atoms with van der Waals surface area (Å²) in [6.07, 6.45) is -0.424. The van der Waals surface area contributed by atoms with Crippen LogP contribution in [0.3, 0.4) is 0 Å². The smallest absolute Gasteiger partial charge is 0.410 e. The summed E-state index contributed by atoms with van der Waals surface area (Å²) in [5.74, 6) is 0.482. The summed E-state index contributed by atoms with van der Waals surface area (Å²) < 4.78 is 5.14. The second-order valence-corrected chi connectivity index (χ2v) is 3.90. The molecule has 0 aromatic heterocycles. The molecule has 0 aliphatic heterocycles. The highest BCUT2D eigenvalue weighted by Gasteiger charge is 2.10. The zero-order valence-corrected chi connectivity index (χ0v) is 10.1. The first kappa shape index (κ1) is 12.8. The van der Waals surface area contributed by atoms with Crippen molar-refractivity contribution in [1.29, 1.82) is 0 Å². The highest BCUT2D eigenvalue weighted by molar-refractivity contribution is 6.31. The van der Waals surface area contributed by atoms with Crippen molar-refractivity contribution in [3.05, 3.63) is 28.8 Å². The Bertz CT molecular complexity index is 382. The predicted molar refractivity (Wildman–Crippen MR) is 63.9 cm³/mol. The number of halogens is 1. The number of ether oxygens (including phenoxy) is 1. The quantitative estimate of drug-likeness (QED) is 0.883. The van der Waals surface area contributed by atoms with E-state index in [1.165, 1.54) is 4.90 Å². The van der Waals surface area contributed by atoms with Gasteiger partial charge in [0.2, 0.25) is 0 Å². The van der Waals surface area contributed by atoms with Gasteiger partial charge in [-0.3, -0.25) is 0 Å². The fourth-order valence-corrected chi connectivity index (χ4v) is 1.26. The van der Waals surface area contributed by atoms with E-state index >= 15 is 0 Å². The summed E-state index contributed by atoms with van der Waals surface area (Å²) in [6.45, 7) is 2.72. The molecule has 1 aromatic carbocycles. The van der Waals surface area contributed by atoms with E-state index in [1.807, 2.05) is 6.92 Å². The van der Waals surface area contributed by atoms with Crippen molar-refractivity contribution in [1.82, 2.24) is 4.90 Å². The first-order valence-corrected chi connectivity index (χ1v) is 5.31. The molecule has 0 saturated carbocycles. The van der Waals surface area contributed by atoms with Crippen LogP contribution < -0.4 is 10.5 Å². The lowest BCUT2D eigenvalue weighted by Crippen LogP contribution is -2.33. The highest BCUT2D eigenvalue weighted by atomic mass is 35.5. The SMILES string of the molecule is Cc1cc(OC(=O)N(C)CCN)ccc1Cl. The van der Waals surface area contributed by atoms with Gasteiger partial charge in [0.05, 0.1) is 0 Å². The van der Waals surface area contributed by atoms with Gasteiger partial charge in [0.1, 0.15) is 5.75 Å². The molecule has 0 fully saturated rings. The third kappa shape index (κ3) is 3.40. The Morgan fingerprint density at radius 2 is 2.25 bits per heavy atom. The molecule has 16 heavy (non-hydrogen) atoms. The molecule has 0 spiro atoms. The van der Waals surface area contributed by atoms with Crippen molar-refractivity contribution in [2.45, 2.75) is 6.92 Å². The van der Waals surface area contributed by atoms with Crippen LogP contribution >= 0.6 is 11.6 Å². The molecule has 1 amide bonds. The van der Waals surface area contributed by atoms with E-state index in [9.17, 15) is 4.79 Å². The Balaban J connectivity index is 2.66. The van der Waals surface area contributed by atoms with E-state index in [4.69, 9.17) is 22.1 Å². The van der Waals surface area contributed by atoms with Crippen molar-refractivity contribution in [2.24, 2.45) is 5.73 Å². The number of aryl methyl sites for hydroxylation is 1. The molecule has 0 heterocycles. The molecule has 5 heteroatoms. The van der Waals surface area contributed by atoms with Gasteiger partial charge < -0.3 is 15.4 Å². The lowest BCUT2D eigenvalue weighted by molar-refractivity contribution is 0.164. The first-order chi connectivity index (χ1) is 7.54. The van der Waals surface area contributed by atoms with E-state index < -0.39 is 6.09 Å². The lowest BCUT2D eigenvalue weighted by atomic mass is 10.2. The molecular formula is C11H15ClN2O2. The van der Waals surface area contributed by atoms with Gasteiger partial charge in [-0.2, -0.15) is 0 Å². The van der Waals surface area contributed by atoms with Gasteiger partial charge in [-0.1, -0.05) is 11.6 Å². The molecule has 0 radical (unpaired) electrons. The molecule has 0 saturated heterocycles. The number of nitrogens with two attached hydrogens (primary N) is 1. The Hall–Kier alpha value is -1.26. The first-order valence-electron chi connectivity index (χ1n) is 4.93. The van der Waals surface area contributed by atoms with Gasteiger partial charge in [0.15, 0.2) is 0 Å². The van der Waals surface area contributed by atoms with Crippen LogP contribution in [0.15, 0.2) is 18.2 Å². The molecular weight excluding hydrogens is 228 g/mol. The van der Waals surface area contributed by atoms with Crippen molar-refractivity contribution in [3.63, 3.8) is 0 Å². The number of benzene rings is 1. The minimum absolute atomic E-state index is 0.408. The fourth-order valence-electron chi connectivity index (χ4n) is 1.14. The molecule has 4 nitrogen and oxygen atoms in total. The molecule has 1 rings (SSSR count). The minimum atomic E-state index is -0.424. The molecule has 0 atom stereocenters. The Kier molecular flexibility index (Phi) is 4.58. The maximum Gasteiger partial charge on any atom is 0.415 e. The van der Waals surface area contributed by atoms with Crippen molar-refractivity contribution < 1.29 is 9.53 Å². The summed E-state index contributed by atoms with van der Waals surface area (Å²) in [4.78, 5) is 12.9. The average Bonchev–Trinajstić information content (AvgIpc) is 2.24. The monoisotopic (exact) mass is 242 g/mol. The van der Waals surface area contributed by atoms with E-state index in [0.717, 1.165) is 5.56 Å². The zero-order valence-electron chi connectivity index (χ0n) is 9.37. The topological polar surface area (TPSA) is 55.6 Å². The largest absolute Gasteiger partial charge is 0.415 e. The van der Waals surface area contributed by atoms with Gasteiger partial charge in [-0.05, 0) is 30.7 Å². The molecule has 88 valence electrons. The van der Waals surface area contributed by atoms with Crippen LogP contribution in [0.1, 0.15) is 5.56 Å². The maximum atomic E-state index is 11.5. The number of hydrogen-bond acceptors (Lipinski definition) is 3. The molecule has 2 N–H and O–H groups in total. The van der Waals surface area contributed by atoms with Crippen LogP contribution in [0.4, 0.5) is 4.79 Å². The number of rotatable bonds is 3. The fraction of sp³-hybridized carbons (Fsp3) is 0.364. The maximum absolute atomic E-state index is 11.5. The second-order valence-electron chi connectivity index (χ2n) is 3.49. The van der Waals surface area contributed by atoms with Crippen LogP contribution in [-0.4, -0.2) is 31.1 Å². The molecule has 0 unspecified atom stereocenters. The van der Waals surface area contributed by atoms with Crippen LogP contribution in [0, 0.1) is 6.92 Å². The number of carbonyl (C=O) groups is 1. The number of amides is 1. The van der Waals surface area contributed by atoms with Gasteiger partial charge in [0.25, 0.3) is 0 Å². The highest BCUT2D eigenvalue weighted by Crippen LogP contribution is 2.21. The lowest BCUT2D eigenvalue weighted by Gasteiger charge is -2.15. The van der Waals surface area contributed by atoms with E-state index in [1.54, 1.807) is 25.2 Å². The van der Waals surface area contributed by atoms with Gasteiger partial charge in [-0.25, -0.2) is 4.79 Å². The molecule has 0 bridgehead atoms. The number of nitrogens with zero attached hydrogens (tertiary/aromatic N) is 1. The molecule has 1 aromatic rings. The Labute approximate surface area is 99.9 Å². The zero-order chi connectivity index (χ0) is 12.1. The summed E-state index contributed by atoms with van der Waals surface area (Å²) in [6, 6.07) is 5.07. The van der Waals surface area contributed by atoms with Crippen LogP contribution in [0.25, 0.3) is 0 Å². The standard InChI is InChI=1S/C11H15ClN2O2/c1-8-7-9(3-4-10(8)12)16-11(15)14(2)6-5-13/h3-4,7H,5-6,13H2,1-2H3. The summed E-state index contributed by atoms with van der Waals surface area (Å²) in [7, 11) is 1.64. The van der Waals surface area contributed by atoms with Gasteiger partial charge in [0, 0.05) is 25.2 Å². The van der Waals surface area contributed by atoms with Crippen LogP contribution in [0.2, 0.25) is 5.02 Å². The summed E-state index contributed by atoms with van der Waals surface area (Å²) in [5, 5.41) is 0.648. The van der Waals surface area contributed by atoms with Gasteiger partial charge >= 0.3 is 6.09 Å². The minimum Gasteiger partial charge on any atom is -0.410 e. The third-order valence-electron chi connectivity index (χ3n) is 2.11. The van der Waals surface area contributed by atoms with Crippen molar-refractivity contribution >= 4 is 17.7 Å². The number of carbonyl (C=O) groups excluding carboxylic acids is 1. The van der Waals surface area contributed by atoms with Gasteiger partial charge in [-0.15, -0.1) is 0 Å². The number of hydrogen-bond donors (Lipinski definition) is 1. The van der Waals surface area contributed by atoms with E-state index in [0.29, 0.717) is 23.9 Å². The predicted octanol–water partition coefficient (Wildman–Crippen LogP) is 2.04. The molecule has 0 aliphatic rings. The number of likely N-dealkylation sites (N-methyl/N-ethyl adjacent to an activating group) is 1. The summed E-state index contributed by atoms with van der Waals surface area (Å²) in [5.41, 5.74) is 6.21. The Morgan fingerprint density at radius 3 is 2.81 bits per heavy atom. The van der Waals surface area contributed by atoms with E-state index in [2.05, 4.69) is 0 Å². The third-order valence-corrected chi connectivity index (χ3v) is 2.53. The molecule has 0 aliphatic carbocycles. The summed E-state index contributed by atoms with van der Waals surface area (Å²) >= 11 is 5.86. The second kappa shape index (κ2) is 5.72. The van der Waals surface area contributed by atoms with Crippen LogP contribution in [0.5, 0.6) is 5.75 Å². The Morgan fingerprint density at radius 1 is 1.56 bits per heavy atom.